The number of carbonyl (C=O) groups excluding carboxylic acids is 1. The fourth-order valence-electron chi connectivity index (χ4n) is 6.18. The number of hydrogen-bond acceptors (Lipinski definition) is 6. The molecule has 1 aromatic heterocycles. The number of aromatic nitrogens is 1. The van der Waals surface area contributed by atoms with Crippen molar-refractivity contribution in [2.45, 2.75) is 34.6 Å². The van der Waals surface area contributed by atoms with Crippen molar-refractivity contribution in [1.82, 2.24) is 4.48 Å². The molecule has 0 N–H and O–H groups in total. The topological polar surface area (TPSA) is 100 Å². The number of nitrogens with zero attached hydrogens (tertiary/aromatic N) is 4. The van der Waals surface area contributed by atoms with Crippen molar-refractivity contribution >= 4 is 24.1 Å². The summed E-state index contributed by atoms with van der Waals surface area (Å²) in [5.74, 6) is 0.783. The minimum Gasteiger partial charge on any atom is -0.599 e. The Morgan fingerprint density at radius 1 is 1.00 bits per heavy atom. The third kappa shape index (κ3) is 3.11. The van der Waals surface area contributed by atoms with Crippen molar-refractivity contribution in [3.8, 4) is 23.6 Å². The molecular weight excluding hydrogens is 491 g/mol. The van der Waals surface area contributed by atoms with Crippen LogP contribution >= 0.6 is 0 Å². The van der Waals surface area contributed by atoms with Crippen LogP contribution in [0.25, 0.3) is 5.57 Å². The fraction of sp³-hybridized carbons (Fsp3) is 0.200. The zero-order chi connectivity index (χ0) is 27.6. The Kier molecular flexibility index (Phi) is 5.31. The molecule has 1 spiro atoms. The van der Waals surface area contributed by atoms with Crippen LogP contribution in [0.15, 0.2) is 65.4 Å². The Bertz CT molecular complexity index is 1770. The normalized spacial score (nSPS) is 16.3. The molecule has 8 nitrogen and oxygen atoms in total. The molecule has 2 aromatic carbocycles. The van der Waals surface area contributed by atoms with Gasteiger partial charge >= 0.3 is 12.8 Å². The number of para-hydroxylation sites is 2. The average Bonchev–Trinajstić information content (AvgIpc) is 3.52. The molecule has 3 aliphatic rings. The zero-order valence-electron chi connectivity index (χ0n) is 22.3. The van der Waals surface area contributed by atoms with Crippen LogP contribution in [0.2, 0.25) is 0 Å². The highest BCUT2D eigenvalue weighted by molar-refractivity contribution is 6.62. The molecule has 0 unspecified atom stereocenters. The number of fused-ring (bicyclic) bond motifs is 5. The van der Waals surface area contributed by atoms with Gasteiger partial charge in [-0.15, -0.1) is 0 Å². The largest absolute Gasteiger partial charge is 0.780 e. The van der Waals surface area contributed by atoms with E-state index in [9.17, 15) is 15.3 Å². The van der Waals surface area contributed by atoms with Crippen molar-refractivity contribution in [1.29, 1.82) is 10.5 Å². The molecule has 6 rings (SSSR count). The Hall–Kier alpha value is -5.02. The van der Waals surface area contributed by atoms with Crippen molar-refractivity contribution in [2.75, 3.05) is 6.61 Å². The number of nitriles is 2. The Labute approximate surface area is 226 Å². The van der Waals surface area contributed by atoms with Crippen LogP contribution in [0.4, 0.5) is 0 Å². The zero-order valence-corrected chi connectivity index (χ0v) is 22.3. The van der Waals surface area contributed by atoms with Crippen LogP contribution in [0.5, 0.6) is 11.5 Å². The maximum absolute atomic E-state index is 12.3. The summed E-state index contributed by atoms with van der Waals surface area (Å²) in [5.41, 5.74) is 7.69. The smallest absolute Gasteiger partial charge is 0.599 e. The first kappa shape index (κ1) is 24.3. The molecule has 0 radical (unpaired) electrons. The van der Waals surface area contributed by atoms with E-state index in [-0.39, 0.29) is 6.61 Å². The first-order valence-electron chi connectivity index (χ1n) is 12.8. The SMILES string of the molecule is CCOC(=O)c1ccc(C2=C3C(C)=C(C#N)C(C)=[N+]3[B-]3(Oc4ccccc4O3)n3c(C)c(C#N)c(C)c32)cc1. The van der Waals surface area contributed by atoms with Gasteiger partial charge in [-0.3, -0.25) is 0 Å². The van der Waals surface area contributed by atoms with E-state index in [4.69, 9.17) is 14.0 Å². The van der Waals surface area contributed by atoms with Crippen LogP contribution < -0.4 is 9.31 Å². The molecule has 0 atom stereocenters. The van der Waals surface area contributed by atoms with Gasteiger partial charge in [0.1, 0.15) is 29.2 Å². The van der Waals surface area contributed by atoms with Gasteiger partial charge in [0.25, 0.3) is 0 Å². The summed E-state index contributed by atoms with van der Waals surface area (Å²) in [6.07, 6.45) is 0. The number of carbonyl (C=O) groups is 1. The first-order chi connectivity index (χ1) is 18.8. The van der Waals surface area contributed by atoms with E-state index in [2.05, 4.69) is 12.1 Å². The second-order valence-corrected chi connectivity index (χ2v) is 9.82. The van der Waals surface area contributed by atoms with Crippen LogP contribution in [-0.2, 0) is 4.74 Å². The Morgan fingerprint density at radius 2 is 1.64 bits per heavy atom. The molecule has 39 heavy (non-hydrogen) atoms. The maximum atomic E-state index is 12.3. The lowest BCUT2D eigenvalue weighted by atomic mass is 9.78. The van der Waals surface area contributed by atoms with E-state index in [1.165, 1.54) is 0 Å². The van der Waals surface area contributed by atoms with Crippen LogP contribution in [0.3, 0.4) is 0 Å². The molecule has 4 heterocycles. The number of rotatable bonds is 3. The van der Waals surface area contributed by atoms with Gasteiger partial charge in [0.05, 0.1) is 23.3 Å². The lowest BCUT2D eigenvalue weighted by Gasteiger charge is -2.39. The van der Waals surface area contributed by atoms with Crippen molar-refractivity contribution in [3.63, 3.8) is 0 Å². The molecule has 3 aromatic rings. The third-order valence-corrected chi connectivity index (χ3v) is 7.83. The Morgan fingerprint density at radius 3 is 2.21 bits per heavy atom. The lowest BCUT2D eigenvalue weighted by molar-refractivity contribution is -0.369. The molecular formula is C30H25BN4O4. The minimum absolute atomic E-state index is 0.288. The molecule has 0 fully saturated rings. The molecule has 9 heteroatoms. The number of allylic oxidation sites excluding steroid dienone is 2. The van der Waals surface area contributed by atoms with Gasteiger partial charge in [-0.25, -0.2) is 4.79 Å². The highest BCUT2D eigenvalue weighted by atomic mass is 16.7. The van der Waals surface area contributed by atoms with Gasteiger partial charge in [-0.1, -0.05) is 24.3 Å². The number of ether oxygens (including phenoxy) is 1. The summed E-state index contributed by atoms with van der Waals surface area (Å²) in [4.78, 5) is 12.3. The van der Waals surface area contributed by atoms with Crippen molar-refractivity contribution < 1.29 is 23.3 Å². The summed E-state index contributed by atoms with van der Waals surface area (Å²) in [6.45, 7) is 7.22. The van der Waals surface area contributed by atoms with E-state index in [0.29, 0.717) is 39.6 Å². The summed E-state index contributed by atoms with van der Waals surface area (Å²) in [5, 5.41) is 20.3. The van der Waals surface area contributed by atoms with Crippen LogP contribution in [0, 0.1) is 36.5 Å². The van der Waals surface area contributed by atoms with Gasteiger partial charge < -0.3 is 23.0 Å². The number of hydrogen-bond donors (Lipinski definition) is 0. The monoisotopic (exact) mass is 516 g/mol. The highest BCUT2D eigenvalue weighted by Crippen LogP contribution is 2.49. The van der Waals surface area contributed by atoms with E-state index in [0.717, 1.165) is 33.7 Å². The van der Waals surface area contributed by atoms with Gasteiger partial charge in [-0.2, -0.15) is 10.5 Å². The molecule has 0 amide bonds. The Balaban J connectivity index is 1.71. The maximum Gasteiger partial charge on any atom is 0.780 e. The quantitative estimate of drug-likeness (QED) is 0.359. The molecule has 0 aliphatic carbocycles. The second-order valence-electron chi connectivity index (χ2n) is 9.82. The minimum atomic E-state index is -2.45. The van der Waals surface area contributed by atoms with Crippen LogP contribution in [-0.4, -0.2) is 34.1 Å². The van der Waals surface area contributed by atoms with E-state index >= 15 is 0 Å². The second kappa shape index (κ2) is 8.51. The number of esters is 1. The average molecular weight is 516 g/mol. The van der Waals surface area contributed by atoms with Gasteiger partial charge in [0.15, 0.2) is 11.4 Å². The predicted molar refractivity (Wildman–Crippen MR) is 145 cm³/mol. The molecule has 192 valence electrons. The summed E-state index contributed by atoms with van der Waals surface area (Å²) < 4.78 is 22.5. The van der Waals surface area contributed by atoms with E-state index in [1.807, 2.05) is 73.1 Å². The van der Waals surface area contributed by atoms with Crippen molar-refractivity contribution in [2.24, 2.45) is 0 Å². The first-order valence-corrected chi connectivity index (χ1v) is 12.8. The summed E-state index contributed by atoms with van der Waals surface area (Å²) in [7, 11) is 0. The molecule has 0 bridgehead atoms. The number of benzene rings is 2. The molecule has 0 saturated heterocycles. The predicted octanol–water partition coefficient (Wildman–Crippen LogP) is 5.01. The van der Waals surface area contributed by atoms with E-state index in [1.54, 1.807) is 19.1 Å². The van der Waals surface area contributed by atoms with Gasteiger partial charge in [-0.05, 0) is 63.1 Å². The van der Waals surface area contributed by atoms with Gasteiger partial charge in [0, 0.05) is 23.9 Å². The summed E-state index contributed by atoms with van der Waals surface area (Å²) >= 11 is 0. The van der Waals surface area contributed by atoms with Crippen molar-refractivity contribution in [3.05, 3.63) is 99.0 Å². The fourth-order valence-corrected chi connectivity index (χ4v) is 6.18. The standard InChI is InChI=1S/C30H25BN4O4/c1-6-37-30(36)22-13-11-21(12-14-22)27-28-17(2)23(15-32)19(4)34(28)31(38-25-9-7-8-10-26(25)39-31)35-20(5)24(16-33)18(3)29(27)35/h7-14H,6H2,1-5H3. The third-order valence-electron chi connectivity index (χ3n) is 7.83. The molecule has 0 saturated carbocycles. The summed E-state index contributed by atoms with van der Waals surface area (Å²) in [6, 6.07) is 19.4. The van der Waals surface area contributed by atoms with Crippen LogP contribution in [0.1, 0.15) is 59.2 Å². The highest BCUT2D eigenvalue weighted by Gasteiger charge is 2.64. The molecule has 3 aliphatic heterocycles. The lowest BCUT2D eigenvalue weighted by Crippen LogP contribution is -2.65. The van der Waals surface area contributed by atoms with Gasteiger partial charge in [0.2, 0.25) is 0 Å². The van der Waals surface area contributed by atoms with E-state index < -0.39 is 12.8 Å².